The Labute approximate surface area is 120 Å². The average molecular weight is 335 g/mol. The summed E-state index contributed by atoms with van der Waals surface area (Å²) in [6, 6.07) is 3.85. The monoisotopic (exact) mass is 333 g/mol. The lowest BCUT2D eigenvalue weighted by atomic mass is 10.1. The standard InChI is InChI=1S/C12H13BrClNOS/c1-7-2-9(13)12(10(14)3-7)15-5-8(6-17)4-11(15)16/h2-3,8,17H,4-6H2,1H3. The van der Waals surface area contributed by atoms with Gasteiger partial charge < -0.3 is 4.90 Å². The quantitative estimate of drug-likeness (QED) is 0.818. The van der Waals surface area contributed by atoms with E-state index < -0.39 is 0 Å². The zero-order valence-corrected chi connectivity index (χ0v) is 12.6. The van der Waals surface area contributed by atoms with Crippen LogP contribution in [0.4, 0.5) is 5.69 Å². The summed E-state index contributed by atoms with van der Waals surface area (Å²) in [4.78, 5) is 13.7. The van der Waals surface area contributed by atoms with Crippen LogP contribution in [0.15, 0.2) is 16.6 Å². The van der Waals surface area contributed by atoms with Crippen molar-refractivity contribution in [3.8, 4) is 0 Å². The van der Waals surface area contributed by atoms with Crippen molar-refractivity contribution in [3.05, 3.63) is 27.2 Å². The number of amides is 1. The summed E-state index contributed by atoms with van der Waals surface area (Å²) in [5.41, 5.74) is 1.86. The third kappa shape index (κ3) is 2.64. The van der Waals surface area contributed by atoms with Crippen LogP contribution >= 0.6 is 40.2 Å². The van der Waals surface area contributed by atoms with Crippen molar-refractivity contribution in [1.29, 1.82) is 0 Å². The second-order valence-corrected chi connectivity index (χ2v) is 5.96. The molecule has 5 heteroatoms. The van der Waals surface area contributed by atoms with Gasteiger partial charge in [-0.1, -0.05) is 11.6 Å². The maximum atomic E-state index is 11.9. The van der Waals surface area contributed by atoms with Crippen LogP contribution in [0.2, 0.25) is 5.02 Å². The van der Waals surface area contributed by atoms with E-state index in [1.807, 2.05) is 19.1 Å². The van der Waals surface area contributed by atoms with Gasteiger partial charge in [0.2, 0.25) is 5.91 Å². The van der Waals surface area contributed by atoms with E-state index in [4.69, 9.17) is 11.6 Å². The lowest BCUT2D eigenvalue weighted by Gasteiger charge is -2.20. The molecule has 1 atom stereocenters. The van der Waals surface area contributed by atoms with Gasteiger partial charge in [0.05, 0.1) is 10.7 Å². The molecular weight excluding hydrogens is 322 g/mol. The van der Waals surface area contributed by atoms with Gasteiger partial charge in [0.15, 0.2) is 0 Å². The molecule has 0 aromatic heterocycles. The van der Waals surface area contributed by atoms with Crippen molar-refractivity contribution in [2.24, 2.45) is 5.92 Å². The number of hydrogen-bond acceptors (Lipinski definition) is 2. The van der Waals surface area contributed by atoms with Gasteiger partial charge >= 0.3 is 0 Å². The number of nitrogens with zero attached hydrogens (tertiary/aromatic N) is 1. The molecule has 2 rings (SSSR count). The second-order valence-electron chi connectivity index (χ2n) is 4.33. The molecule has 1 unspecified atom stereocenters. The molecule has 0 N–H and O–H groups in total. The first kappa shape index (κ1) is 13.2. The van der Waals surface area contributed by atoms with E-state index in [1.54, 1.807) is 4.90 Å². The first-order valence-electron chi connectivity index (χ1n) is 5.39. The number of benzene rings is 1. The predicted molar refractivity (Wildman–Crippen MR) is 78.2 cm³/mol. The lowest BCUT2D eigenvalue weighted by molar-refractivity contribution is -0.117. The summed E-state index contributed by atoms with van der Waals surface area (Å²) in [7, 11) is 0. The molecule has 2 nitrogen and oxygen atoms in total. The molecule has 92 valence electrons. The number of halogens is 2. The number of aryl methyl sites for hydroxylation is 1. The molecule has 1 aliphatic heterocycles. The highest BCUT2D eigenvalue weighted by Crippen LogP contribution is 2.38. The third-order valence-corrected chi connectivity index (χ3v) is 4.30. The molecule has 1 aliphatic rings. The van der Waals surface area contributed by atoms with Crippen LogP contribution in [0.25, 0.3) is 0 Å². The van der Waals surface area contributed by atoms with Crippen LogP contribution in [0.3, 0.4) is 0 Å². The molecule has 0 radical (unpaired) electrons. The molecule has 0 aliphatic carbocycles. The van der Waals surface area contributed by atoms with Crippen molar-refractivity contribution in [2.45, 2.75) is 13.3 Å². The summed E-state index contributed by atoms with van der Waals surface area (Å²) >= 11 is 14.0. The molecule has 1 heterocycles. The number of thiol groups is 1. The Bertz CT molecular complexity index is 443. The topological polar surface area (TPSA) is 20.3 Å². The van der Waals surface area contributed by atoms with Crippen molar-refractivity contribution >= 4 is 51.8 Å². The fourth-order valence-corrected chi connectivity index (χ4v) is 3.59. The fourth-order valence-electron chi connectivity index (χ4n) is 2.07. The number of carbonyl (C=O) groups excluding carboxylic acids is 1. The van der Waals surface area contributed by atoms with Gasteiger partial charge in [0.1, 0.15) is 0 Å². The SMILES string of the molecule is Cc1cc(Cl)c(N2CC(CS)CC2=O)c(Br)c1. The van der Waals surface area contributed by atoms with Crippen LogP contribution < -0.4 is 4.90 Å². The second kappa shape index (κ2) is 5.21. The number of hydrogen-bond donors (Lipinski definition) is 1. The van der Waals surface area contributed by atoms with E-state index in [-0.39, 0.29) is 5.91 Å². The number of carbonyl (C=O) groups is 1. The Kier molecular flexibility index (Phi) is 4.06. The molecular formula is C12H13BrClNOS. The molecule has 1 aromatic carbocycles. The highest BCUT2D eigenvalue weighted by molar-refractivity contribution is 9.10. The number of anilines is 1. The molecule has 1 fully saturated rings. The van der Waals surface area contributed by atoms with Gasteiger partial charge in [-0.3, -0.25) is 4.79 Å². The maximum Gasteiger partial charge on any atom is 0.227 e. The Hall–Kier alpha value is -0.190. The Morgan fingerprint density at radius 3 is 2.82 bits per heavy atom. The van der Waals surface area contributed by atoms with Gasteiger partial charge in [-0.05, 0) is 52.2 Å². The van der Waals surface area contributed by atoms with Gasteiger partial charge in [-0.25, -0.2) is 0 Å². The normalized spacial score (nSPS) is 20.1. The first-order chi connectivity index (χ1) is 8.02. The smallest absolute Gasteiger partial charge is 0.227 e. The molecule has 1 aromatic rings. The minimum Gasteiger partial charge on any atom is -0.310 e. The molecule has 0 saturated carbocycles. The predicted octanol–water partition coefficient (Wildman–Crippen LogP) is 3.69. The summed E-state index contributed by atoms with van der Waals surface area (Å²) in [6.45, 7) is 2.67. The van der Waals surface area contributed by atoms with E-state index in [0.29, 0.717) is 23.9 Å². The van der Waals surface area contributed by atoms with Crippen molar-refractivity contribution in [1.82, 2.24) is 0 Å². The van der Waals surface area contributed by atoms with E-state index in [2.05, 4.69) is 28.6 Å². The Morgan fingerprint density at radius 1 is 1.59 bits per heavy atom. The van der Waals surface area contributed by atoms with Gasteiger partial charge in [0, 0.05) is 17.4 Å². The molecule has 0 spiro atoms. The van der Waals surface area contributed by atoms with E-state index in [0.717, 1.165) is 21.5 Å². The molecule has 1 amide bonds. The largest absolute Gasteiger partial charge is 0.310 e. The average Bonchev–Trinajstić information content (AvgIpc) is 2.59. The van der Waals surface area contributed by atoms with Crippen LogP contribution in [-0.2, 0) is 4.79 Å². The molecule has 1 saturated heterocycles. The third-order valence-electron chi connectivity index (χ3n) is 2.89. The maximum absolute atomic E-state index is 11.9. The van der Waals surface area contributed by atoms with Gasteiger partial charge in [-0.2, -0.15) is 12.6 Å². The van der Waals surface area contributed by atoms with Crippen molar-refractivity contribution < 1.29 is 4.79 Å². The minimum atomic E-state index is 0.121. The minimum absolute atomic E-state index is 0.121. The molecule has 0 bridgehead atoms. The van der Waals surface area contributed by atoms with Crippen molar-refractivity contribution in [3.63, 3.8) is 0 Å². The highest BCUT2D eigenvalue weighted by Gasteiger charge is 2.31. The van der Waals surface area contributed by atoms with Gasteiger partial charge in [0.25, 0.3) is 0 Å². The summed E-state index contributed by atoms with van der Waals surface area (Å²) in [5.74, 6) is 1.16. The van der Waals surface area contributed by atoms with Crippen molar-refractivity contribution in [2.75, 3.05) is 17.2 Å². The summed E-state index contributed by atoms with van der Waals surface area (Å²) in [6.07, 6.45) is 0.556. The Balaban J connectivity index is 2.38. The highest BCUT2D eigenvalue weighted by atomic mass is 79.9. The fraction of sp³-hybridized carbons (Fsp3) is 0.417. The van der Waals surface area contributed by atoms with E-state index >= 15 is 0 Å². The van der Waals surface area contributed by atoms with Crippen LogP contribution in [0.5, 0.6) is 0 Å². The van der Waals surface area contributed by atoms with Crippen LogP contribution in [-0.4, -0.2) is 18.2 Å². The summed E-state index contributed by atoms with van der Waals surface area (Å²) < 4.78 is 0.871. The van der Waals surface area contributed by atoms with E-state index in [1.165, 1.54) is 0 Å². The lowest BCUT2D eigenvalue weighted by Crippen LogP contribution is -2.25. The Morgan fingerprint density at radius 2 is 2.29 bits per heavy atom. The zero-order valence-electron chi connectivity index (χ0n) is 9.41. The van der Waals surface area contributed by atoms with Gasteiger partial charge in [-0.15, -0.1) is 0 Å². The number of rotatable bonds is 2. The van der Waals surface area contributed by atoms with E-state index in [9.17, 15) is 4.79 Å². The molecule has 17 heavy (non-hydrogen) atoms. The van der Waals surface area contributed by atoms with Crippen LogP contribution in [0, 0.1) is 12.8 Å². The zero-order chi connectivity index (χ0) is 12.6. The van der Waals surface area contributed by atoms with Crippen LogP contribution in [0.1, 0.15) is 12.0 Å². The first-order valence-corrected chi connectivity index (χ1v) is 7.20. The summed E-state index contributed by atoms with van der Waals surface area (Å²) in [5, 5.41) is 0.616.